The van der Waals surface area contributed by atoms with Gasteiger partial charge in [-0.05, 0) is 67.1 Å². The largest absolute Gasteiger partial charge is 0.494 e. The van der Waals surface area contributed by atoms with Crippen molar-refractivity contribution in [1.29, 1.82) is 0 Å². The van der Waals surface area contributed by atoms with Crippen molar-refractivity contribution < 1.29 is 22.7 Å². The zero-order valence-electron chi connectivity index (χ0n) is 17.7. The van der Waals surface area contributed by atoms with Crippen LogP contribution in [0.2, 0.25) is 0 Å². The number of carbonyl (C=O) groups excluding carboxylic acids is 2. The van der Waals surface area contributed by atoms with Crippen LogP contribution in [0.1, 0.15) is 43.2 Å². The molecule has 1 aliphatic carbocycles. The van der Waals surface area contributed by atoms with Gasteiger partial charge in [0.25, 0.3) is 0 Å². The Hall–Kier alpha value is -2.91. The molecular weight excluding hydrogens is 430 g/mol. The number of sulfonamides is 1. The minimum absolute atomic E-state index is 0.0312. The van der Waals surface area contributed by atoms with Crippen LogP contribution in [-0.4, -0.2) is 32.9 Å². The lowest BCUT2D eigenvalue weighted by molar-refractivity contribution is -0.121. The molecular formula is C23H27N3O5S. The molecule has 0 spiro atoms. The third-order valence-corrected chi connectivity index (χ3v) is 6.95. The number of rotatable bonds is 10. The summed E-state index contributed by atoms with van der Waals surface area (Å²) in [6.07, 6.45) is 3.86. The fourth-order valence-corrected chi connectivity index (χ4v) is 4.74. The zero-order chi connectivity index (χ0) is 22.6. The average Bonchev–Trinajstić information content (AvgIpc) is 3.59. The van der Waals surface area contributed by atoms with Crippen LogP contribution >= 0.6 is 0 Å². The van der Waals surface area contributed by atoms with Crippen LogP contribution in [0.25, 0.3) is 0 Å². The third-order valence-electron chi connectivity index (χ3n) is 5.41. The van der Waals surface area contributed by atoms with E-state index in [0.29, 0.717) is 38.8 Å². The first kappa shape index (κ1) is 22.3. The van der Waals surface area contributed by atoms with Gasteiger partial charge in [-0.3, -0.25) is 9.59 Å². The predicted molar refractivity (Wildman–Crippen MR) is 120 cm³/mol. The van der Waals surface area contributed by atoms with Crippen molar-refractivity contribution in [2.45, 2.75) is 56.0 Å². The van der Waals surface area contributed by atoms with Crippen LogP contribution in [0, 0.1) is 0 Å². The topological polar surface area (TPSA) is 114 Å². The molecule has 1 aliphatic heterocycles. The number of hydrogen-bond donors (Lipinski definition) is 3. The van der Waals surface area contributed by atoms with Gasteiger partial charge in [0.15, 0.2) is 0 Å². The van der Waals surface area contributed by atoms with Gasteiger partial charge < -0.3 is 15.4 Å². The number of hydrogen-bond acceptors (Lipinski definition) is 5. The lowest BCUT2D eigenvalue weighted by Crippen LogP contribution is -2.26. The Morgan fingerprint density at radius 2 is 1.88 bits per heavy atom. The van der Waals surface area contributed by atoms with Crippen molar-refractivity contribution in [1.82, 2.24) is 10.0 Å². The van der Waals surface area contributed by atoms with E-state index in [4.69, 9.17) is 4.74 Å². The van der Waals surface area contributed by atoms with Gasteiger partial charge in [-0.2, -0.15) is 0 Å². The summed E-state index contributed by atoms with van der Waals surface area (Å²) in [4.78, 5) is 23.7. The summed E-state index contributed by atoms with van der Waals surface area (Å²) >= 11 is 0. The summed E-state index contributed by atoms with van der Waals surface area (Å²) in [6.45, 7) is 0.756. The van der Waals surface area contributed by atoms with Crippen molar-refractivity contribution in [2.24, 2.45) is 0 Å². The minimum atomic E-state index is -3.46. The standard InChI is InChI=1S/C23H27N3O5S/c27-22(2-1-13-31-19-8-11-21-17(14-19)5-12-23(28)25-21)24-15-16-3-9-20(10-4-16)32(29,30)26-18-6-7-18/h3-4,8-11,14,18,26H,1-2,5-7,12-13,15H2,(H,24,27)(H,25,28). The molecule has 1 saturated carbocycles. The lowest BCUT2D eigenvalue weighted by atomic mass is 10.0. The molecule has 170 valence electrons. The van der Waals surface area contributed by atoms with Crippen LogP contribution < -0.4 is 20.1 Å². The normalized spacial score (nSPS) is 15.6. The van der Waals surface area contributed by atoms with E-state index >= 15 is 0 Å². The van der Waals surface area contributed by atoms with Crippen molar-refractivity contribution in [3.63, 3.8) is 0 Å². The van der Waals surface area contributed by atoms with Gasteiger partial charge in [0.05, 0.1) is 11.5 Å². The highest BCUT2D eigenvalue weighted by molar-refractivity contribution is 7.89. The highest BCUT2D eigenvalue weighted by Gasteiger charge is 2.27. The first-order valence-electron chi connectivity index (χ1n) is 10.8. The van der Waals surface area contributed by atoms with Crippen molar-refractivity contribution >= 4 is 27.5 Å². The molecule has 8 nitrogen and oxygen atoms in total. The molecule has 1 heterocycles. The van der Waals surface area contributed by atoms with Crippen LogP contribution in [0.4, 0.5) is 5.69 Å². The number of fused-ring (bicyclic) bond motifs is 1. The van der Waals surface area contributed by atoms with Gasteiger partial charge >= 0.3 is 0 Å². The number of anilines is 1. The molecule has 2 amide bonds. The molecule has 2 aromatic carbocycles. The molecule has 2 aliphatic rings. The molecule has 2 aromatic rings. The number of nitrogens with one attached hydrogen (secondary N) is 3. The Morgan fingerprint density at radius 1 is 1.09 bits per heavy atom. The van der Waals surface area contributed by atoms with E-state index in [2.05, 4.69) is 15.4 Å². The van der Waals surface area contributed by atoms with Crippen LogP contribution in [0.5, 0.6) is 5.75 Å². The predicted octanol–water partition coefficient (Wildman–Crippen LogP) is 2.49. The maximum atomic E-state index is 12.2. The fraction of sp³-hybridized carbons (Fsp3) is 0.391. The monoisotopic (exact) mass is 457 g/mol. The summed E-state index contributed by atoms with van der Waals surface area (Å²) < 4.78 is 32.7. The van der Waals surface area contributed by atoms with Gasteiger partial charge in [-0.25, -0.2) is 13.1 Å². The average molecular weight is 458 g/mol. The molecule has 4 rings (SSSR count). The maximum Gasteiger partial charge on any atom is 0.240 e. The summed E-state index contributed by atoms with van der Waals surface area (Å²) in [5, 5.41) is 5.68. The summed E-state index contributed by atoms with van der Waals surface area (Å²) in [6, 6.07) is 12.2. The Bertz CT molecular complexity index is 1100. The molecule has 0 aromatic heterocycles. The van der Waals surface area contributed by atoms with E-state index < -0.39 is 10.0 Å². The van der Waals surface area contributed by atoms with Gasteiger partial charge in [0, 0.05) is 31.1 Å². The molecule has 0 unspecified atom stereocenters. The molecule has 1 fully saturated rings. The first-order valence-corrected chi connectivity index (χ1v) is 12.3. The van der Waals surface area contributed by atoms with Gasteiger partial charge in [0.1, 0.15) is 5.75 Å². The minimum Gasteiger partial charge on any atom is -0.494 e. The van der Waals surface area contributed by atoms with E-state index in [-0.39, 0.29) is 22.8 Å². The first-order chi connectivity index (χ1) is 15.4. The smallest absolute Gasteiger partial charge is 0.240 e. The van der Waals surface area contributed by atoms with E-state index in [1.54, 1.807) is 24.3 Å². The van der Waals surface area contributed by atoms with Crippen molar-refractivity contribution in [3.8, 4) is 5.75 Å². The zero-order valence-corrected chi connectivity index (χ0v) is 18.5. The maximum absolute atomic E-state index is 12.2. The second kappa shape index (κ2) is 9.70. The lowest BCUT2D eigenvalue weighted by Gasteiger charge is -2.17. The molecule has 0 bridgehead atoms. The fourth-order valence-electron chi connectivity index (χ4n) is 3.44. The molecule has 0 atom stereocenters. The Kier molecular flexibility index (Phi) is 6.76. The van der Waals surface area contributed by atoms with Crippen molar-refractivity contribution in [2.75, 3.05) is 11.9 Å². The second-order valence-electron chi connectivity index (χ2n) is 8.14. The van der Waals surface area contributed by atoms with Gasteiger partial charge in [-0.15, -0.1) is 0 Å². The number of aryl methyl sites for hydroxylation is 1. The molecule has 9 heteroatoms. The number of amides is 2. The van der Waals surface area contributed by atoms with Crippen LogP contribution in [0.3, 0.4) is 0 Å². The molecule has 0 radical (unpaired) electrons. The van der Waals surface area contributed by atoms with Gasteiger partial charge in [0.2, 0.25) is 21.8 Å². The highest BCUT2D eigenvalue weighted by Crippen LogP contribution is 2.27. The van der Waals surface area contributed by atoms with Crippen LogP contribution in [-0.2, 0) is 32.6 Å². The highest BCUT2D eigenvalue weighted by atomic mass is 32.2. The summed E-state index contributed by atoms with van der Waals surface area (Å²) in [7, 11) is -3.46. The van der Waals surface area contributed by atoms with Crippen molar-refractivity contribution in [3.05, 3.63) is 53.6 Å². The molecule has 0 saturated heterocycles. The second-order valence-corrected chi connectivity index (χ2v) is 9.85. The number of benzene rings is 2. The number of carbonyl (C=O) groups is 2. The SMILES string of the molecule is O=C(CCCOc1ccc2c(c1)CCC(=O)N2)NCc1ccc(S(=O)(=O)NC2CC2)cc1. The van der Waals surface area contributed by atoms with Gasteiger partial charge in [-0.1, -0.05) is 12.1 Å². The quantitative estimate of drug-likeness (QED) is 0.475. The van der Waals surface area contributed by atoms with E-state index in [1.165, 1.54) is 0 Å². The van der Waals surface area contributed by atoms with E-state index in [1.807, 2.05) is 18.2 Å². The Balaban J connectivity index is 1.16. The number of ether oxygens (including phenoxy) is 1. The Labute approximate surface area is 187 Å². The summed E-state index contributed by atoms with van der Waals surface area (Å²) in [5.74, 6) is 0.670. The van der Waals surface area contributed by atoms with Crippen LogP contribution in [0.15, 0.2) is 47.4 Å². The van der Waals surface area contributed by atoms with E-state index in [0.717, 1.165) is 35.4 Å². The third kappa shape index (κ3) is 6.08. The molecule has 32 heavy (non-hydrogen) atoms. The van der Waals surface area contributed by atoms with E-state index in [9.17, 15) is 18.0 Å². The molecule has 3 N–H and O–H groups in total. The summed E-state index contributed by atoms with van der Waals surface area (Å²) in [5.41, 5.74) is 2.72. The Morgan fingerprint density at radius 3 is 2.62 bits per heavy atom.